The molecule has 4 aliphatic heterocycles. The van der Waals surface area contributed by atoms with E-state index in [-0.39, 0.29) is 29.9 Å². The predicted molar refractivity (Wildman–Crippen MR) is 196 cm³/mol. The Hall–Kier alpha value is -4.02. The van der Waals surface area contributed by atoms with Gasteiger partial charge >= 0.3 is 0 Å². The zero-order valence-corrected chi connectivity index (χ0v) is 29.0. The summed E-state index contributed by atoms with van der Waals surface area (Å²) < 4.78 is 32.2. The minimum atomic E-state index is -0.477. The quantitative estimate of drug-likeness (QED) is 0.143. The number of H-pyrrole nitrogens is 2. The molecule has 4 bridgehead atoms. The summed E-state index contributed by atoms with van der Waals surface area (Å²) in [6.45, 7) is 1.38. The van der Waals surface area contributed by atoms with Crippen molar-refractivity contribution in [2.24, 2.45) is 11.8 Å². The van der Waals surface area contributed by atoms with E-state index in [1.54, 1.807) is 12.1 Å². The molecule has 2 aromatic heterocycles. The van der Waals surface area contributed by atoms with Crippen LogP contribution >= 0.6 is 0 Å². The molecule has 4 saturated heterocycles. The first-order valence-electron chi connectivity index (χ1n) is 19.6. The number of piperidine rings is 3. The fraction of sp³-hybridized carbons (Fsp3) is 0.512. The number of imidazole rings is 2. The lowest BCUT2D eigenvalue weighted by Crippen LogP contribution is -2.31. The Bertz CT molecular complexity index is 2000. The molecule has 3 aromatic carbocycles. The van der Waals surface area contributed by atoms with Gasteiger partial charge in [0.05, 0.1) is 46.2 Å². The SMILES string of the molecule is Fc1cc(N2[C@@H](c3ccc4nc([C@H]5NC6CCC5C6)[nH]c4c3)CC[C@@H]2c2ccc3nc([C@H]4NC5CCC4C5)[nH]c3c2)cc(F)c1N1CCCCC1. The van der Waals surface area contributed by atoms with Gasteiger partial charge in [0.15, 0.2) is 11.6 Å². The molecule has 0 amide bonds. The molecule has 6 fully saturated rings. The topological polar surface area (TPSA) is 87.9 Å². The highest BCUT2D eigenvalue weighted by atomic mass is 19.1. The maximum atomic E-state index is 16.1. The number of rotatable bonds is 6. The summed E-state index contributed by atoms with van der Waals surface area (Å²) in [4.78, 5) is 21.5. The monoisotopic (exact) mass is 688 g/mol. The molecule has 6 heterocycles. The van der Waals surface area contributed by atoms with Crippen LogP contribution in [-0.2, 0) is 0 Å². The van der Waals surface area contributed by atoms with Crippen molar-refractivity contribution in [1.82, 2.24) is 30.6 Å². The predicted octanol–water partition coefficient (Wildman–Crippen LogP) is 8.42. The Labute approximate surface area is 296 Å². The number of anilines is 2. The summed E-state index contributed by atoms with van der Waals surface area (Å²) in [6, 6.07) is 17.9. The molecule has 8 nitrogen and oxygen atoms in total. The van der Waals surface area contributed by atoms with Crippen LogP contribution in [0.4, 0.5) is 20.2 Å². The average molecular weight is 689 g/mol. The molecule has 2 aliphatic carbocycles. The van der Waals surface area contributed by atoms with Crippen LogP contribution in [0.2, 0.25) is 0 Å². The van der Waals surface area contributed by atoms with Crippen LogP contribution in [0.25, 0.3) is 22.1 Å². The molecule has 0 spiro atoms. The molecule has 4 unspecified atom stereocenters. The van der Waals surface area contributed by atoms with Gasteiger partial charge in [-0.1, -0.05) is 12.1 Å². The maximum Gasteiger partial charge on any atom is 0.151 e. The van der Waals surface area contributed by atoms with Gasteiger partial charge in [0.1, 0.15) is 17.3 Å². The van der Waals surface area contributed by atoms with Crippen LogP contribution in [0.5, 0.6) is 0 Å². The van der Waals surface area contributed by atoms with Crippen LogP contribution in [0.3, 0.4) is 0 Å². The number of nitrogens with zero attached hydrogens (tertiary/aromatic N) is 4. The lowest BCUT2D eigenvalue weighted by molar-refractivity contribution is 0.380. The number of aromatic amines is 2. The van der Waals surface area contributed by atoms with Gasteiger partial charge < -0.3 is 30.4 Å². The third kappa shape index (κ3) is 5.03. The molecular formula is C41H46F2N8. The van der Waals surface area contributed by atoms with Gasteiger partial charge in [-0.05, 0) is 130 Å². The number of aromatic nitrogens is 4. The molecule has 4 N–H and O–H groups in total. The largest absolute Gasteiger partial charge is 0.367 e. The van der Waals surface area contributed by atoms with Crippen LogP contribution in [0.15, 0.2) is 48.5 Å². The fourth-order valence-electron chi connectivity index (χ4n) is 11.1. The van der Waals surface area contributed by atoms with Crippen molar-refractivity contribution in [2.75, 3.05) is 22.9 Å². The Morgan fingerprint density at radius 1 is 0.608 bits per heavy atom. The third-order valence-corrected chi connectivity index (χ3v) is 13.5. The Kier molecular flexibility index (Phi) is 7.05. The van der Waals surface area contributed by atoms with Crippen molar-refractivity contribution in [3.8, 4) is 0 Å². The van der Waals surface area contributed by atoms with E-state index in [0.29, 0.717) is 42.7 Å². The summed E-state index contributed by atoms with van der Waals surface area (Å²) >= 11 is 0. The smallest absolute Gasteiger partial charge is 0.151 e. The number of nitrogens with one attached hydrogen (secondary N) is 4. The maximum absolute atomic E-state index is 16.1. The van der Waals surface area contributed by atoms with E-state index < -0.39 is 11.6 Å². The molecule has 5 aromatic rings. The number of halogens is 2. The molecule has 2 saturated carbocycles. The van der Waals surface area contributed by atoms with Crippen LogP contribution in [-0.4, -0.2) is 45.1 Å². The van der Waals surface area contributed by atoms with E-state index in [1.165, 1.54) is 38.5 Å². The van der Waals surface area contributed by atoms with Crippen molar-refractivity contribution in [2.45, 2.75) is 107 Å². The van der Waals surface area contributed by atoms with E-state index in [1.807, 2.05) is 4.90 Å². The number of hydrogen-bond acceptors (Lipinski definition) is 6. The van der Waals surface area contributed by atoms with Gasteiger partial charge in [0, 0.05) is 30.9 Å². The Balaban J connectivity index is 0.965. The lowest BCUT2D eigenvalue weighted by atomic mass is 10.00. The summed E-state index contributed by atoms with van der Waals surface area (Å²) in [5, 5.41) is 7.56. The molecule has 264 valence electrons. The number of fused-ring (bicyclic) bond motifs is 6. The highest BCUT2D eigenvalue weighted by Crippen LogP contribution is 2.49. The second kappa shape index (κ2) is 11.7. The van der Waals surface area contributed by atoms with E-state index in [9.17, 15) is 0 Å². The second-order valence-corrected chi connectivity index (χ2v) is 16.4. The third-order valence-electron chi connectivity index (χ3n) is 13.5. The van der Waals surface area contributed by atoms with Crippen molar-refractivity contribution >= 4 is 33.4 Å². The van der Waals surface area contributed by atoms with E-state index in [2.05, 4.69) is 61.9 Å². The van der Waals surface area contributed by atoms with E-state index in [4.69, 9.17) is 9.97 Å². The van der Waals surface area contributed by atoms with Crippen molar-refractivity contribution in [1.29, 1.82) is 0 Å². The van der Waals surface area contributed by atoms with Gasteiger partial charge in [0.2, 0.25) is 0 Å². The summed E-state index contributed by atoms with van der Waals surface area (Å²) in [6.07, 6.45) is 12.3. The van der Waals surface area contributed by atoms with Crippen molar-refractivity contribution in [3.05, 3.63) is 82.9 Å². The standard InChI is InChI=1S/C41H46F2N8/c42-29-20-28(21-30(43)39(29)50-14-2-1-3-15-50)51-35(22-6-10-31-33(18-22)48-40(46-31)37-24-4-8-26(16-24)44-37)12-13-36(51)23-7-11-32-34(19-23)49-41(47-32)38-25-5-9-27(17-25)45-38/h6-7,10-11,18-21,24-27,35-38,44-45H,1-5,8-9,12-17H2,(H,46,48)(H,47,49)/t24?,25?,26?,27?,35-,36-,37+,38+/m1/s1. The summed E-state index contributed by atoms with van der Waals surface area (Å²) in [5.41, 5.74) is 6.95. The molecule has 8 atom stereocenters. The molecular weight excluding hydrogens is 643 g/mol. The van der Waals surface area contributed by atoms with E-state index in [0.717, 1.165) is 76.9 Å². The number of benzene rings is 3. The first-order valence-corrected chi connectivity index (χ1v) is 19.6. The van der Waals surface area contributed by atoms with Crippen LogP contribution in [0.1, 0.15) is 118 Å². The second-order valence-electron chi connectivity index (χ2n) is 16.4. The van der Waals surface area contributed by atoms with Crippen LogP contribution in [0, 0.1) is 23.5 Å². The van der Waals surface area contributed by atoms with Gasteiger partial charge in [0.25, 0.3) is 0 Å². The fourth-order valence-corrected chi connectivity index (χ4v) is 11.1. The highest BCUT2D eigenvalue weighted by Gasteiger charge is 2.43. The van der Waals surface area contributed by atoms with Crippen molar-refractivity contribution < 1.29 is 8.78 Å². The van der Waals surface area contributed by atoms with Gasteiger partial charge in [-0.3, -0.25) is 0 Å². The highest BCUT2D eigenvalue weighted by molar-refractivity contribution is 5.78. The lowest BCUT2D eigenvalue weighted by Gasteiger charge is -2.35. The van der Waals surface area contributed by atoms with Gasteiger partial charge in [-0.25, -0.2) is 18.7 Å². The minimum Gasteiger partial charge on any atom is -0.367 e. The first kappa shape index (κ1) is 30.6. The molecule has 10 heteroatoms. The van der Waals surface area contributed by atoms with E-state index >= 15 is 8.78 Å². The first-order chi connectivity index (χ1) is 25.0. The summed E-state index contributed by atoms with van der Waals surface area (Å²) in [5.74, 6) is 2.39. The normalized spacial score (nSPS) is 31.6. The molecule has 11 rings (SSSR count). The molecule has 0 radical (unpaired) electrons. The number of hydrogen-bond donors (Lipinski definition) is 4. The molecule has 6 aliphatic rings. The zero-order valence-electron chi connectivity index (χ0n) is 29.0. The Morgan fingerprint density at radius 2 is 1.14 bits per heavy atom. The van der Waals surface area contributed by atoms with Gasteiger partial charge in [-0.15, -0.1) is 0 Å². The summed E-state index contributed by atoms with van der Waals surface area (Å²) in [7, 11) is 0. The van der Waals surface area contributed by atoms with Crippen molar-refractivity contribution in [3.63, 3.8) is 0 Å². The molecule has 51 heavy (non-hydrogen) atoms. The Morgan fingerprint density at radius 3 is 1.61 bits per heavy atom. The van der Waals surface area contributed by atoms with Gasteiger partial charge in [-0.2, -0.15) is 0 Å². The minimum absolute atomic E-state index is 0.0577. The average Bonchev–Trinajstić information content (AvgIpc) is 4.01. The van der Waals surface area contributed by atoms with Crippen LogP contribution < -0.4 is 20.4 Å². The zero-order chi connectivity index (χ0) is 33.8.